The maximum Gasteiger partial charge on any atom is 0.315 e. The van der Waals surface area contributed by atoms with E-state index in [1.54, 1.807) is 4.90 Å². The number of nitrogens with zero attached hydrogens (tertiary/aromatic N) is 1. The second-order valence-corrected chi connectivity index (χ2v) is 4.11. The molecule has 3 amide bonds. The zero-order valence-electron chi connectivity index (χ0n) is 9.88. The molecule has 0 aliphatic carbocycles. The minimum Gasteiger partial charge on any atom is -0.339 e. The van der Waals surface area contributed by atoms with Crippen LogP contribution in [0.15, 0.2) is 0 Å². The summed E-state index contributed by atoms with van der Waals surface area (Å²) in [4.78, 5) is 24.6. The molecule has 0 radical (unpaired) electrons. The van der Waals surface area contributed by atoms with Gasteiger partial charge in [0.25, 0.3) is 0 Å². The summed E-state index contributed by atoms with van der Waals surface area (Å²) in [5, 5.41) is 8.38. The number of carbonyl (C=O) groups is 2. The van der Waals surface area contributed by atoms with Crippen LogP contribution in [0, 0.1) is 0 Å². The molecule has 1 aliphatic rings. The quantitative estimate of drug-likeness (QED) is 0.587. The normalized spacial score (nSPS) is 16.1. The predicted molar refractivity (Wildman–Crippen MR) is 61.1 cm³/mol. The molecule has 0 atom stereocenters. The molecule has 16 heavy (non-hydrogen) atoms. The number of rotatable bonds is 3. The Morgan fingerprint density at radius 2 is 1.94 bits per heavy atom. The lowest BCUT2D eigenvalue weighted by Gasteiger charge is -2.27. The Hall–Kier alpha value is -1.30. The number of nitrogens with one attached hydrogen (secondary N) is 3. The highest BCUT2D eigenvalue weighted by atomic mass is 16.2. The van der Waals surface area contributed by atoms with Crippen molar-refractivity contribution in [3.8, 4) is 0 Å². The average molecular weight is 228 g/mol. The molecule has 92 valence electrons. The molecule has 1 heterocycles. The molecular formula is C10H20N4O2. The van der Waals surface area contributed by atoms with Crippen molar-refractivity contribution >= 4 is 11.9 Å². The van der Waals surface area contributed by atoms with E-state index in [-0.39, 0.29) is 24.5 Å². The highest BCUT2D eigenvalue weighted by molar-refractivity contribution is 5.84. The first-order chi connectivity index (χ1) is 7.59. The molecule has 1 saturated heterocycles. The highest BCUT2D eigenvalue weighted by Crippen LogP contribution is 1.92. The van der Waals surface area contributed by atoms with Crippen molar-refractivity contribution in [2.24, 2.45) is 0 Å². The number of carbonyl (C=O) groups excluding carboxylic acids is 2. The Morgan fingerprint density at radius 3 is 2.50 bits per heavy atom. The van der Waals surface area contributed by atoms with Crippen LogP contribution in [0.4, 0.5) is 4.79 Å². The number of hydrogen-bond donors (Lipinski definition) is 3. The van der Waals surface area contributed by atoms with Gasteiger partial charge in [0.1, 0.15) is 0 Å². The minimum absolute atomic E-state index is 0.0274. The number of urea groups is 1. The van der Waals surface area contributed by atoms with Crippen LogP contribution < -0.4 is 16.0 Å². The summed E-state index contributed by atoms with van der Waals surface area (Å²) in [6.07, 6.45) is 0. The molecule has 0 spiro atoms. The molecule has 6 nitrogen and oxygen atoms in total. The van der Waals surface area contributed by atoms with E-state index < -0.39 is 0 Å². The summed E-state index contributed by atoms with van der Waals surface area (Å²) in [5.74, 6) is -0.0274. The lowest BCUT2D eigenvalue weighted by atomic mass is 10.3. The van der Waals surface area contributed by atoms with Gasteiger partial charge >= 0.3 is 6.03 Å². The topological polar surface area (TPSA) is 73.5 Å². The van der Waals surface area contributed by atoms with Gasteiger partial charge in [0.05, 0.1) is 6.54 Å². The molecule has 6 heteroatoms. The molecule has 1 fully saturated rings. The lowest BCUT2D eigenvalue weighted by molar-refractivity contribution is -0.130. The lowest BCUT2D eigenvalue weighted by Crippen LogP contribution is -2.50. The molecule has 0 saturated carbocycles. The third kappa shape index (κ3) is 4.48. The van der Waals surface area contributed by atoms with Gasteiger partial charge in [-0.05, 0) is 13.8 Å². The van der Waals surface area contributed by atoms with E-state index in [0.29, 0.717) is 13.1 Å². The summed E-state index contributed by atoms with van der Waals surface area (Å²) >= 11 is 0. The highest BCUT2D eigenvalue weighted by Gasteiger charge is 2.16. The third-order valence-electron chi connectivity index (χ3n) is 2.29. The molecule has 3 N–H and O–H groups in total. The van der Waals surface area contributed by atoms with Crippen LogP contribution in [0.25, 0.3) is 0 Å². The largest absolute Gasteiger partial charge is 0.339 e. The van der Waals surface area contributed by atoms with Gasteiger partial charge in [-0.15, -0.1) is 0 Å². The van der Waals surface area contributed by atoms with Crippen LogP contribution in [0.5, 0.6) is 0 Å². The van der Waals surface area contributed by atoms with E-state index in [0.717, 1.165) is 13.1 Å². The van der Waals surface area contributed by atoms with Gasteiger partial charge in [0.15, 0.2) is 0 Å². The molecule has 1 rings (SSSR count). The Morgan fingerprint density at radius 1 is 1.31 bits per heavy atom. The summed E-state index contributed by atoms with van der Waals surface area (Å²) in [5.41, 5.74) is 0. The van der Waals surface area contributed by atoms with Crippen molar-refractivity contribution in [1.82, 2.24) is 20.9 Å². The zero-order valence-corrected chi connectivity index (χ0v) is 9.88. The Balaban J connectivity index is 2.21. The molecule has 0 bridgehead atoms. The molecule has 0 aromatic rings. The van der Waals surface area contributed by atoms with E-state index in [4.69, 9.17) is 0 Å². The summed E-state index contributed by atoms with van der Waals surface area (Å²) in [6, 6.07) is -0.215. The number of piperazine rings is 1. The fourth-order valence-electron chi connectivity index (χ4n) is 1.50. The predicted octanol–water partition coefficient (Wildman–Crippen LogP) is -0.874. The van der Waals surface area contributed by atoms with Crippen LogP contribution in [-0.4, -0.2) is 55.6 Å². The third-order valence-corrected chi connectivity index (χ3v) is 2.29. The van der Waals surface area contributed by atoms with Crippen LogP contribution in [0.3, 0.4) is 0 Å². The van der Waals surface area contributed by atoms with E-state index in [1.165, 1.54) is 0 Å². The summed E-state index contributed by atoms with van der Waals surface area (Å²) < 4.78 is 0. The van der Waals surface area contributed by atoms with Gasteiger partial charge < -0.3 is 20.9 Å². The molecule has 1 aliphatic heterocycles. The van der Waals surface area contributed by atoms with Gasteiger partial charge in [-0.3, -0.25) is 4.79 Å². The van der Waals surface area contributed by atoms with Crippen molar-refractivity contribution in [2.75, 3.05) is 32.7 Å². The molecule has 0 aromatic carbocycles. The minimum atomic E-state index is -0.293. The monoisotopic (exact) mass is 228 g/mol. The van der Waals surface area contributed by atoms with Crippen molar-refractivity contribution < 1.29 is 9.59 Å². The second-order valence-electron chi connectivity index (χ2n) is 4.11. The van der Waals surface area contributed by atoms with Crippen LogP contribution in [0.1, 0.15) is 13.8 Å². The SMILES string of the molecule is CC(C)NC(=O)NCC(=O)N1CCNCC1. The molecule has 0 aromatic heterocycles. The van der Waals surface area contributed by atoms with Crippen molar-refractivity contribution in [2.45, 2.75) is 19.9 Å². The second kappa shape index (κ2) is 6.32. The Kier molecular flexibility index (Phi) is 5.04. The summed E-state index contributed by atoms with van der Waals surface area (Å²) in [7, 11) is 0. The fourth-order valence-corrected chi connectivity index (χ4v) is 1.50. The van der Waals surface area contributed by atoms with Gasteiger partial charge in [0.2, 0.25) is 5.91 Å². The summed E-state index contributed by atoms with van der Waals surface area (Å²) in [6.45, 7) is 6.89. The van der Waals surface area contributed by atoms with Crippen molar-refractivity contribution in [3.05, 3.63) is 0 Å². The number of amides is 3. The molecule has 0 unspecified atom stereocenters. The van der Waals surface area contributed by atoms with E-state index in [1.807, 2.05) is 13.8 Å². The van der Waals surface area contributed by atoms with Gasteiger partial charge in [-0.2, -0.15) is 0 Å². The fraction of sp³-hybridized carbons (Fsp3) is 0.800. The Labute approximate surface area is 95.8 Å². The van der Waals surface area contributed by atoms with Gasteiger partial charge in [-0.25, -0.2) is 4.79 Å². The standard InChI is InChI=1S/C10H20N4O2/c1-8(2)13-10(16)12-7-9(15)14-5-3-11-4-6-14/h8,11H,3-7H2,1-2H3,(H2,12,13,16). The van der Waals surface area contributed by atoms with E-state index >= 15 is 0 Å². The smallest absolute Gasteiger partial charge is 0.315 e. The van der Waals surface area contributed by atoms with Crippen LogP contribution in [-0.2, 0) is 4.79 Å². The first-order valence-corrected chi connectivity index (χ1v) is 5.62. The average Bonchev–Trinajstić information content (AvgIpc) is 2.26. The maximum absolute atomic E-state index is 11.6. The van der Waals surface area contributed by atoms with Crippen molar-refractivity contribution in [1.29, 1.82) is 0 Å². The first-order valence-electron chi connectivity index (χ1n) is 5.62. The van der Waals surface area contributed by atoms with Crippen molar-refractivity contribution in [3.63, 3.8) is 0 Å². The van der Waals surface area contributed by atoms with E-state index in [9.17, 15) is 9.59 Å². The van der Waals surface area contributed by atoms with Gasteiger partial charge in [-0.1, -0.05) is 0 Å². The van der Waals surface area contributed by atoms with Gasteiger partial charge in [0, 0.05) is 32.2 Å². The number of hydrogen-bond acceptors (Lipinski definition) is 3. The Bertz CT molecular complexity index is 249. The van der Waals surface area contributed by atoms with Crippen LogP contribution >= 0.6 is 0 Å². The van der Waals surface area contributed by atoms with E-state index in [2.05, 4.69) is 16.0 Å². The maximum atomic E-state index is 11.6. The van der Waals surface area contributed by atoms with Crippen LogP contribution in [0.2, 0.25) is 0 Å². The first kappa shape index (κ1) is 12.8. The zero-order chi connectivity index (χ0) is 12.0. The molecular weight excluding hydrogens is 208 g/mol.